The van der Waals surface area contributed by atoms with E-state index in [9.17, 15) is 14.4 Å². The predicted molar refractivity (Wildman–Crippen MR) is 297 cm³/mol. The van der Waals surface area contributed by atoms with E-state index in [2.05, 4.69) is 106 Å². The summed E-state index contributed by atoms with van der Waals surface area (Å²) in [5.74, 6) is -0.929. The van der Waals surface area contributed by atoms with E-state index >= 15 is 0 Å². The Hall–Kier alpha value is -3.41. The second kappa shape index (κ2) is 57.2. The van der Waals surface area contributed by atoms with Crippen molar-refractivity contribution >= 4 is 17.9 Å². The molecule has 0 unspecified atom stereocenters. The molecule has 0 aromatic carbocycles. The van der Waals surface area contributed by atoms with Gasteiger partial charge >= 0.3 is 17.9 Å². The number of rotatable bonds is 52. The highest BCUT2D eigenvalue weighted by molar-refractivity contribution is 5.71. The maximum atomic E-state index is 12.9. The van der Waals surface area contributed by atoms with Gasteiger partial charge in [0, 0.05) is 19.3 Å². The van der Waals surface area contributed by atoms with Crippen LogP contribution in [0.2, 0.25) is 0 Å². The summed E-state index contributed by atoms with van der Waals surface area (Å²) in [4.78, 5) is 38.2. The van der Waals surface area contributed by atoms with Crippen LogP contribution in [0.4, 0.5) is 0 Å². The molecule has 1 atom stereocenters. The van der Waals surface area contributed by atoms with Crippen LogP contribution < -0.4 is 0 Å². The smallest absolute Gasteiger partial charge is 0.306 e. The van der Waals surface area contributed by atoms with Gasteiger partial charge in [0.15, 0.2) is 6.10 Å². The number of unbranched alkanes of at least 4 members (excludes halogenated alkanes) is 27. The molecule has 6 heteroatoms. The van der Waals surface area contributed by atoms with E-state index in [0.29, 0.717) is 19.3 Å². The van der Waals surface area contributed by atoms with Gasteiger partial charge in [-0.1, -0.05) is 228 Å². The summed E-state index contributed by atoms with van der Waals surface area (Å²) in [5, 5.41) is 0. The highest BCUT2D eigenvalue weighted by atomic mass is 16.6. The third-order valence-corrected chi connectivity index (χ3v) is 12.4. The fraction of sp³-hybridized carbons (Fsp3) is 0.730. The average Bonchev–Trinajstić information content (AvgIpc) is 3.35. The molecule has 0 saturated carbocycles. The molecule has 0 fully saturated rings. The van der Waals surface area contributed by atoms with E-state index in [4.69, 9.17) is 14.2 Å². The van der Waals surface area contributed by atoms with Gasteiger partial charge in [-0.2, -0.15) is 0 Å². The Morgan fingerprint density at radius 3 is 0.928 bits per heavy atom. The number of hydrogen-bond acceptors (Lipinski definition) is 6. The lowest BCUT2D eigenvalue weighted by molar-refractivity contribution is -0.167. The SMILES string of the molecule is CC/C=C\C/C=C\C/C=C\C/C=C\C/C=C\CCCCCC(=O)OC[C@H](COC(=O)CCCCCCC/C=C\CCCCCC)OC(=O)CCCCCCCCCCC/C=C\CCCCCCCC. The van der Waals surface area contributed by atoms with Crippen LogP contribution >= 0.6 is 0 Å². The van der Waals surface area contributed by atoms with Crippen molar-refractivity contribution in [3.8, 4) is 0 Å². The molecule has 0 N–H and O–H groups in total. The number of carbonyl (C=O) groups is 3. The number of hydrogen-bond donors (Lipinski definition) is 0. The predicted octanol–water partition coefficient (Wildman–Crippen LogP) is 19.5. The van der Waals surface area contributed by atoms with Crippen molar-refractivity contribution < 1.29 is 28.6 Å². The molecule has 0 aromatic rings. The normalized spacial score (nSPS) is 12.7. The second-order valence-corrected chi connectivity index (χ2v) is 19.2. The van der Waals surface area contributed by atoms with Crippen LogP contribution in [0.1, 0.15) is 278 Å². The molecule has 0 rings (SSSR count). The van der Waals surface area contributed by atoms with E-state index in [1.165, 1.54) is 135 Å². The van der Waals surface area contributed by atoms with Crippen molar-refractivity contribution in [2.45, 2.75) is 284 Å². The average molecular weight is 962 g/mol. The summed E-state index contributed by atoms with van der Waals surface area (Å²) in [6, 6.07) is 0. The lowest BCUT2D eigenvalue weighted by Gasteiger charge is -2.18. The third-order valence-electron chi connectivity index (χ3n) is 12.4. The molecule has 0 amide bonds. The number of carbonyl (C=O) groups excluding carboxylic acids is 3. The molecule has 6 nitrogen and oxygen atoms in total. The van der Waals surface area contributed by atoms with E-state index in [1.807, 2.05) is 0 Å². The first kappa shape index (κ1) is 65.6. The van der Waals surface area contributed by atoms with Crippen LogP contribution in [0.3, 0.4) is 0 Å². The van der Waals surface area contributed by atoms with Crippen molar-refractivity contribution in [3.05, 3.63) is 85.1 Å². The van der Waals surface area contributed by atoms with Crippen LogP contribution in [0.5, 0.6) is 0 Å². The zero-order chi connectivity index (χ0) is 50.0. The fourth-order valence-corrected chi connectivity index (χ4v) is 7.99. The van der Waals surface area contributed by atoms with Gasteiger partial charge in [-0.15, -0.1) is 0 Å². The quantitative estimate of drug-likeness (QED) is 0.0262. The Balaban J connectivity index is 4.43. The first-order valence-corrected chi connectivity index (χ1v) is 29.1. The van der Waals surface area contributed by atoms with Gasteiger partial charge in [0.2, 0.25) is 0 Å². The van der Waals surface area contributed by atoms with E-state index in [0.717, 1.165) is 103 Å². The van der Waals surface area contributed by atoms with Crippen molar-refractivity contribution in [1.29, 1.82) is 0 Å². The molecule has 0 spiro atoms. The van der Waals surface area contributed by atoms with E-state index in [-0.39, 0.29) is 31.1 Å². The van der Waals surface area contributed by atoms with Gasteiger partial charge in [0.1, 0.15) is 13.2 Å². The van der Waals surface area contributed by atoms with Crippen LogP contribution in [-0.2, 0) is 28.6 Å². The molecular formula is C63H108O6. The Labute approximate surface area is 426 Å². The minimum atomic E-state index is -0.795. The number of ether oxygens (including phenoxy) is 3. The molecule has 69 heavy (non-hydrogen) atoms. The maximum absolute atomic E-state index is 12.9. The summed E-state index contributed by atoms with van der Waals surface area (Å²) in [6.07, 6.45) is 74.3. The zero-order valence-electron chi connectivity index (χ0n) is 45.3. The van der Waals surface area contributed by atoms with Gasteiger partial charge in [-0.25, -0.2) is 0 Å². The third kappa shape index (κ3) is 55.4. The summed E-state index contributed by atoms with van der Waals surface area (Å²) < 4.78 is 16.8. The molecule has 0 radical (unpaired) electrons. The first-order valence-electron chi connectivity index (χ1n) is 29.1. The summed E-state index contributed by atoms with van der Waals surface area (Å²) in [6.45, 7) is 6.48. The Morgan fingerprint density at radius 2 is 0.565 bits per heavy atom. The summed E-state index contributed by atoms with van der Waals surface area (Å²) in [5.41, 5.74) is 0. The molecule has 0 aliphatic carbocycles. The van der Waals surface area contributed by atoms with Gasteiger partial charge in [-0.05, 0) is 116 Å². The largest absolute Gasteiger partial charge is 0.462 e. The monoisotopic (exact) mass is 961 g/mol. The lowest BCUT2D eigenvalue weighted by atomic mass is 10.1. The summed E-state index contributed by atoms with van der Waals surface area (Å²) in [7, 11) is 0. The Bertz CT molecular complexity index is 1330. The van der Waals surface area contributed by atoms with Crippen molar-refractivity contribution in [2.75, 3.05) is 13.2 Å². The highest BCUT2D eigenvalue weighted by Crippen LogP contribution is 2.15. The minimum Gasteiger partial charge on any atom is -0.462 e. The van der Waals surface area contributed by atoms with Gasteiger partial charge in [0.05, 0.1) is 0 Å². The molecule has 0 bridgehead atoms. The maximum Gasteiger partial charge on any atom is 0.306 e. The molecule has 0 saturated heterocycles. The number of esters is 3. The highest BCUT2D eigenvalue weighted by Gasteiger charge is 2.19. The van der Waals surface area contributed by atoms with Crippen molar-refractivity contribution in [2.24, 2.45) is 0 Å². The minimum absolute atomic E-state index is 0.0919. The zero-order valence-corrected chi connectivity index (χ0v) is 45.3. The van der Waals surface area contributed by atoms with Gasteiger partial charge in [-0.3, -0.25) is 14.4 Å². The molecule has 0 heterocycles. The molecule has 0 aromatic heterocycles. The van der Waals surface area contributed by atoms with Crippen molar-refractivity contribution in [3.63, 3.8) is 0 Å². The standard InChI is InChI=1S/C63H108O6/c1-4-7-10-13-16-19-22-25-27-29-31-33-35-38-41-44-47-50-53-56-62(65)68-59-60(58-67-61(64)55-52-49-46-43-40-37-24-21-18-15-12-9-6-3)69-63(66)57-54-51-48-45-42-39-36-34-32-30-28-26-23-20-17-14-11-8-5-2/h7,10,16,19,21,24-28,31,33,38,41,60H,4-6,8-9,11-15,17-18,20,22-23,29-30,32,34-37,39-40,42-59H2,1-3H3/b10-7-,19-16-,24-21-,27-25-,28-26-,33-31-,41-38-/t60-/m0/s1. The second-order valence-electron chi connectivity index (χ2n) is 19.2. The van der Waals surface area contributed by atoms with E-state index < -0.39 is 6.10 Å². The summed E-state index contributed by atoms with van der Waals surface area (Å²) >= 11 is 0. The van der Waals surface area contributed by atoms with Crippen LogP contribution in [0, 0.1) is 0 Å². The molecule has 0 aliphatic heterocycles. The first-order chi connectivity index (χ1) is 34.0. The Kier molecular flexibility index (Phi) is 54.3. The van der Waals surface area contributed by atoms with E-state index in [1.54, 1.807) is 0 Å². The fourth-order valence-electron chi connectivity index (χ4n) is 7.99. The Morgan fingerprint density at radius 1 is 0.304 bits per heavy atom. The topological polar surface area (TPSA) is 78.9 Å². The van der Waals surface area contributed by atoms with Crippen molar-refractivity contribution in [1.82, 2.24) is 0 Å². The molecule has 0 aliphatic rings. The number of allylic oxidation sites excluding steroid dienone is 14. The lowest BCUT2D eigenvalue weighted by Crippen LogP contribution is -2.30. The van der Waals surface area contributed by atoms with Crippen LogP contribution in [-0.4, -0.2) is 37.2 Å². The van der Waals surface area contributed by atoms with Gasteiger partial charge in [0.25, 0.3) is 0 Å². The molecule has 396 valence electrons. The van der Waals surface area contributed by atoms with Crippen LogP contribution in [0.15, 0.2) is 85.1 Å². The van der Waals surface area contributed by atoms with Gasteiger partial charge < -0.3 is 14.2 Å². The van der Waals surface area contributed by atoms with Crippen LogP contribution in [0.25, 0.3) is 0 Å². The molecular weight excluding hydrogens is 853 g/mol.